The molecule has 0 aliphatic heterocycles. The van der Waals surface area contributed by atoms with Gasteiger partial charge >= 0.3 is 0 Å². The molecule has 1 atom stereocenters. The van der Waals surface area contributed by atoms with Crippen molar-refractivity contribution >= 4 is 11.4 Å². The van der Waals surface area contributed by atoms with Gasteiger partial charge in [-0.25, -0.2) is 0 Å². The van der Waals surface area contributed by atoms with E-state index in [4.69, 9.17) is 10.5 Å². The molecule has 2 aromatic carbocycles. The second-order valence-electron chi connectivity index (χ2n) is 4.64. The highest BCUT2D eigenvalue weighted by Gasteiger charge is 2.05. The van der Waals surface area contributed by atoms with E-state index in [1.165, 1.54) is 0 Å². The highest BCUT2D eigenvalue weighted by Crippen LogP contribution is 2.26. The van der Waals surface area contributed by atoms with Gasteiger partial charge in [0.15, 0.2) is 0 Å². The Morgan fingerprint density at radius 3 is 1.84 bits per heavy atom. The Balaban J connectivity index is 2.20. The van der Waals surface area contributed by atoms with Crippen LogP contribution in [0.3, 0.4) is 0 Å². The molecule has 0 aliphatic carbocycles. The maximum atomic E-state index is 5.86. The zero-order valence-corrected chi connectivity index (χ0v) is 11.6. The minimum Gasteiger partial charge on any atom is -0.497 e. The smallest absolute Gasteiger partial charge is 0.119 e. The Kier molecular flexibility index (Phi) is 4.07. The molecule has 2 N–H and O–H groups in total. The van der Waals surface area contributed by atoms with Crippen molar-refractivity contribution in [2.45, 2.75) is 13.0 Å². The predicted octanol–water partition coefficient (Wildman–Crippen LogP) is 3.48. The van der Waals surface area contributed by atoms with Crippen LogP contribution in [0.25, 0.3) is 0 Å². The molecule has 3 heteroatoms. The minimum absolute atomic E-state index is 0.0698. The lowest BCUT2D eigenvalue weighted by Crippen LogP contribution is -2.10. The van der Waals surface area contributed by atoms with E-state index < -0.39 is 0 Å². The van der Waals surface area contributed by atoms with E-state index in [-0.39, 0.29) is 6.04 Å². The van der Waals surface area contributed by atoms with Gasteiger partial charge in [-0.3, -0.25) is 0 Å². The van der Waals surface area contributed by atoms with Crippen LogP contribution in [0.15, 0.2) is 48.5 Å². The molecule has 0 spiro atoms. The first-order valence-corrected chi connectivity index (χ1v) is 6.35. The van der Waals surface area contributed by atoms with E-state index in [1.807, 2.05) is 38.2 Å². The van der Waals surface area contributed by atoms with Gasteiger partial charge in [0.25, 0.3) is 0 Å². The molecule has 2 aromatic rings. The van der Waals surface area contributed by atoms with Gasteiger partial charge in [0.05, 0.1) is 7.11 Å². The average molecular weight is 256 g/mol. The minimum atomic E-state index is 0.0698. The van der Waals surface area contributed by atoms with Gasteiger partial charge in [-0.2, -0.15) is 0 Å². The van der Waals surface area contributed by atoms with Gasteiger partial charge < -0.3 is 15.4 Å². The molecule has 100 valence electrons. The van der Waals surface area contributed by atoms with Crippen molar-refractivity contribution in [3.05, 3.63) is 54.1 Å². The molecule has 2 rings (SSSR count). The van der Waals surface area contributed by atoms with Crippen molar-refractivity contribution in [2.24, 2.45) is 5.73 Å². The highest BCUT2D eigenvalue weighted by atomic mass is 16.5. The quantitative estimate of drug-likeness (QED) is 0.910. The average Bonchev–Trinajstić information content (AvgIpc) is 2.46. The Labute approximate surface area is 114 Å². The van der Waals surface area contributed by atoms with Crippen molar-refractivity contribution in [1.29, 1.82) is 0 Å². The molecule has 0 aromatic heterocycles. The van der Waals surface area contributed by atoms with Gasteiger partial charge in [-0.05, 0) is 48.9 Å². The van der Waals surface area contributed by atoms with Gasteiger partial charge in [-0.15, -0.1) is 0 Å². The number of benzene rings is 2. The summed E-state index contributed by atoms with van der Waals surface area (Å²) in [5, 5.41) is 0. The van der Waals surface area contributed by atoms with Crippen LogP contribution in [0.4, 0.5) is 11.4 Å². The summed E-state index contributed by atoms with van der Waals surface area (Å²) in [5.74, 6) is 0.865. The van der Waals surface area contributed by atoms with E-state index in [0.717, 1.165) is 22.7 Å². The third-order valence-corrected chi connectivity index (χ3v) is 3.27. The first-order chi connectivity index (χ1) is 9.11. The fourth-order valence-corrected chi connectivity index (χ4v) is 1.96. The van der Waals surface area contributed by atoms with Crippen LogP contribution in [0, 0.1) is 0 Å². The molecule has 0 bridgehead atoms. The van der Waals surface area contributed by atoms with E-state index in [0.29, 0.717) is 0 Å². The second kappa shape index (κ2) is 5.76. The van der Waals surface area contributed by atoms with Crippen LogP contribution in [0.1, 0.15) is 18.5 Å². The fraction of sp³-hybridized carbons (Fsp3) is 0.250. The largest absolute Gasteiger partial charge is 0.497 e. The molecule has 0 radical (unpaired) electrons. The van der Waals surface area contributed by atoms with Crippen LogP contribution in [0.5, 0.6) is 5.75 Å². The highest BCUT2D eigenvalue weighted by molar-refractivity contribution is 5.63. The maximum Gasteiger partial charge on any atom is 0.119 e. The van der Waals surface area contributed by atoms with E-state index in [9.17, 15) is 0 Å². The van der Waals surface area contributed by atoms with Gasteiger partial charge in [0.2, 0.25) is 0 Å². The predicted molar refractivity (Wildman–Crippen MR) is 80.1 cm³/mol. The van der Waals surface area contributed by atoms with Gasteiger partial charge in [-0.1, -0.05) is 12.1 Å². The first-order valence-electron chi connectivity index (χ1n) is 6.35. The molecule has 19 heavy (non-hydrogen) atoms. The molecule has 0 saturated carbocycles. The third kappa shape index (κ3) is 3.06. The number of hydrogen-bond acceptors (Lipinski definition) is 3. The monoisotopic (exact) mass is 256 g/mol. The number of anilines is 2. The summed E-state index contributed by atoms with van der Waals surface area (Å²) in [7, 11) is 3.72. The van der Waals surface area contributed by atoms with Crippen LogP contribution in [-0.2, 0) is 0 Å². The molecule has 3 nitrogen and oxygen atoms in total. The van der Waals surface area contributed by atoms with E-state index >= 15 is 0 Å². The summed E-state index contributed by atoms with van der Waals surface area (Å²) in [4.78, 5) is 2.13. The van der Waals surface area contributed by atoms with Crippen molar-refractivity contribution in [3.8, 4) is 5.75 Å². The number of nitrogens with two attached hydrogens (primary N) is 1. The SMILES string of the molecule is COc1ccc(N(C)c2ccc([C@@H](C)N)cc2)cc1. The molecular formula is C16H20N2O. The lowest BCUT2D eigenvalue weighted by molar-refractivity contribution is 0.415. The van der Waals surface area contributed by atoms with Crippen molar-refractivity contribution in [2.75, 3.05) is 19.1 Å². The van der Waals surface area contributed by atoms with E-state index in [1.54, 1.807) is 7.11 Å². The van der Waals surface area contributed by atoms with Gasteiger partial charge in [0, 0.05) is 24.5 Å². The normalized spacial score (nSPS) is 12.0. The zero-order valence-electron chi connectivity index (χ0n) is 11.6. The molecular weight excluding hydrogens is 236 g/mol. The number of rotatable bonds is 4. The Bertz CT molecular complexity index is 517. The van der Waals surface area contributed by atoms with Gasteiger partial charge in [0.1, 0.15) is 5.75 Å². The van der Waals surface area contributed by atoms with Crippen LogP contribution >= 0.6 is 0 Å². The third-order valence-electron chi connectivity index (χ3n) is 3.27. The summed E-state index contributed by atoms with van der Waals surface area (Å²) < 4.78 is 5.16. The molecule has 0 amide bonds. The Hall–Kier alpha value is -2.00. The number of hydrogen-bond donors (Lipinski definition) is 1. The van der Waals surface area contributed by atoms with Crippen LogP contribution in [-0.4, -0.2) is 14.2 Å². The first kappa shape index (κ1) is 13.4. The zero-order chi connectivity index (χ0) is 13.8. The second-order valence-corrected chi connectivity index (χ2v) is 4.64. The lowest BCUT2D eigenvalue weighted by atomic mass is 10.1. The van der Waals surface area contributed by atoms with Crippen LogP contribution in [0.2, 0.25) is 0 Å². The van der Waals surface area contributed by atoms with Crippen molar-refractivity contribution in [1.82, 2.24) is 0 Å². The summed E-state index contributed by atoms with van der Waals surface area (Å²) in [5.41, 5.74) is 9.25. The van der Waals surface area contributed by atoms with Crippen molar-refractivity contribution < 1.29 is 4.74 Å². The molecule has 0 heterocycles. The fourth-order valence-electron chi connectivity index (χ4n) is 1.96. The van der Waals surface area contributed by atoms with Crippen molar-refractivity contribution in [3.63, 3.8) is 0 Å². The molecule has 0 aliphatic rings. The number of ether oxygens (including phenoxy) is 1. The molecule has 0 fully saturated rings. The maximum absolute atomic E-state index is 5.86. The number of nitrogens with zero attached hydrogens (tertiary/aromatic N) is 1. The molecule has 0 unspecified atom stereocenters. The summed E-state index contributed by atoms with van der Waals surface area (Å²) in [6.45, 7) is 1.99. The molecule has 0 saturated heterocycles. The summed E-state index contributed by atoms with van der Waals surface area (Å²) >= 11 is 0. The summed E-state index contributed by atoms with van der Waals surface area (Å²) in [6.07, 6.45) is 0. The Morgan fingerprint density at radius 1 is 0.947 bits per heavy atom. The lowest BCUT2D eigenvalue weighted by Gasteiger charge is -2.20. The Morgan fingerprint density at radius 2 is 1.42 bits per heavy atom. The standard InChI is InChI=1S/C16H20N2O/c1-12(17)13-4-6-14(7-5-13)18(2)15-8-10-16(19-3)11-9-15/h4-12H,17H2,1-3H3/t12-/m1/s1. The van der Waals surface area contributed by atoms with Crippen LogP contribution < -0.4 is 15.4 Å². The number of methoxy groups -OCH3 is 1. The van der Waals surface area contributed by atoms with E-state index in [2.05, 4.69) is 29.2 Å². The topological polar surface area (TPSA) is 38.5 Å². The summed E-state index contributed by atoms with van der Waals surface area (Å²) in [6, 6.07) is 16.4.